The summed E-state index contributed by atoms with van der Waals surface area (Å²) in [5, 5.41) is 39.7. The Bertz CT molecular complexity index is 274. The lowest BCUT2D eigenvalue weighted by Crippen LogP contribution is -2.56. The minimum absolute atomic E-state index is 0.113. The summed E-state index contributed by atoms with van der Waals surface area (Å²) >= 11 is 0. The highest BCUT2D eigenvalue weighted by Crippen LogP contribution is 2.15. The predicted octanol–water partition coefficient (Wildman–Crippen LogP) is -1.32. The van der Waals surface area contributed by atoms with Gasteiger partial charge < -0.3 is 20.4 Å². The van der Waals surface area contributed by atoms with E-state index in [2.05, 4.69) is 10.0 Å². The minimum atomic E-state index is -3.01. The molecule has 0 saturated heterocycles. The summed E-state index contributed by atoms with van der Waals surface area (Å²) in [6.07, 6.45) is -4.18. The molecule has 8 heteroatoms. The van der Waals surface area contributed by atoms with E-state index in [1.54, 1.807) is 0 Å². The van der Waals surface area contributed by atoms with Gasteiger partial charge in [-0.15, -0.1) is 0 Å². The molecule has 0 aliphatic heterocycles. The lowest BCUT2D eigenvalue weighted by Gasteiger charge is -2.29. The van der Waals surface area contributed by atoms with E-state index in [9.17, 15) is 20.1 Å². The molecule has 4 N–H and O–H groups in total. The smallest absolute Gasteiger partial charge is 0.223 e. The fourth-order valence-electron chi connectivity index (χ4n) is 0.861. The number of ketones is 1. The van der Waals surface area contributed by atoms with Gasteiger partial charge in [0.1, 0.15) is 6.10 Å². The average molecular weight is 219 g/mol. The fraction of sp³-hybridized carbons (Fsp3) is 0.857. The van der Waals surface area contributed by atoms with E-state index in [0.717, 1.165) is 0 Å². The second-order valence-electron chi connectivity index (χ2n) is 2.93. The van der Waals surface area contributed by atoms with Crippen molar-refractivity contribution in [2.45, 2.75) is 31.3 Å². The molecule has 0 fully saturated rings. The van der Waals surface area contributed by atoms with Crippen LogP contribution < -0.4 is 0 Å². The first-order valence-electron chi connectivity index (χ1n) is 4.22. The van der Waals surface area contributed by atoms with Crippen LogP contribution in [-0.4, -0.2) is 50.7 Å². The number of rotatable bonds is 6. The molecule has 0 saturated carbocycles. The van der Waals surface area contributed by atoms with Crippen molar-refractivity contribution in [3.8, 4) is 0 Å². The summed E-state index contributed by atoms with van der Waals surface area (Å²) in [4.78, 5) is 13.2. The Balaban J connectivity index is 4.63. The number of aliphatic hydroxyl groups excluding tert-OH is 2. The zero-order valence-electron chi connectivity index (χ0n) is 8.11. The molecule has 8 nitrogen and oxygen atoms in total. The second kappa shape index (κ2) is 5.64. The largest absolute Gasteiger partial charge is 0.387 e. The van der Waals surface area contributed by atoms with E-state index in [0.29, 0.717) is 0 Å². The number of nitrogens with zero attached hydrogens (tertiary/aromatic N) is 3. The Labute approximate surface area is 85.4 Å². The van der Waals surface area contributed by atoms with Gasteiger partial charge in [-0.3, -0.25) is 4.79 Å². The number of hydrogen-bond acceptors (Lipinski definition) is 6. The summed E-state index contributed by atoms with van der Waals surface area (Å²) < 4.78 is 0. The Morgan fingerprint density at radius 2 is 2.07 bits per heavy atom. The normalized spacial score (nSPS) is 15.3. The molecule has 0 spiro atoms. The molecule has 0 radical (unpaired) electrons. The van der Waals surface area contributed by atoms with Crippen molar-refractivity contribution in [1.82, 2.24) is 0 Å². The van der Waals surface area contributed by atoms with Crippen LogP contribution in [0.25, 0.3) is 10.4 Å². The fourth-order valence-corrected chi connectivity index (χ4v) is 0.861. The van der Waals surface area contributed by atoms with Crippen molar-refractivity contribution < 1.29 is 25.2 Å². The summed E-state index contributed by atoms with van der Waals surface area (Å²) in [5.41, 5.74) is 7.93. The van der Waals surface area contributed by atoms with E-state index in [-0.39, 0.29) is 6.42 Å². The molecule has 0 bridgehead atoms. The van der Waals surface area contributed by atoms with Crippen molar-refractivity contribution in [3.63, 3.8) is 0 Å². The van der Waals surface area contributed by atoms with Gasteiger partial charge in [0.05, 0.1) is 6.54 Å². The van der Waals surface area contributed by atoms with Crippen LogP contribution in [0.5, 0.6) is 0 Å². The van der Waals surface area contributed by atoms with Gasteiger partial charge in [-0.25, -0.2) is 0 Å². The molecule has 15 heavy (non-hydrogen) atoms. The topological polar surface area (TPSA) is 147 Å². The molecule has 0 aromatic carbocycles. The molecule has 0 aromatic heterocycles. The van der Waals surface area contributed by atoms with Crippen molar-refractivity contribution in [1.29, 1.82) is 0 Å². The molecule has 0 rings (SSSR count). The monoisotopic (exact) mass is 219 g/mol. The van der Waals surface area contributed by atoms with Crippen molar-refractivity contribution in [2.24, 2.45) is 5.11 Å². The number of Topliss-reactive ketones (excluding diaryl/α,β-unsaturated/α-hetero) is 1. The molecule has 0 heterocycles. The van der Waals surface area contributed by atoms with Gasteiger partial charge in [-0.05, 0) is 5.53 Å². The summed E-state index contributed by atoms with van der Waals surface area (Å²) in [5.74, 6) is -3.85. The SMILES string of the molecule is CCC(=O)[C@@H](O)C(O)(O)[C@H](O)CN=[N+]=[N-]. The van der Waals surface area contributed by atoms with Gasteiger partial charge >= 0.3 is 0 Å². The van der Waals surface area contributed by atoms with Gasteiger partial charge in [0.25, 0.3) is 0 Å². The lowest BCUT2D eigenvalue weighted by molar-refractivity contribution is -0.265. The molecule has 0 unspecified atom stereocenters. The maximum Gasteiger partial charge on any atom is 0.223 e. The molecule has 86 valence electrons. The van der Waals surface area contributed by atoms with Crippen LogP contribution >= 0.6 is 0 Å². The van der Waals surface area contributed by atoms with Crippen molar-refractivity contribution in [3.05, 3.63) is 10.4 Å². The van der Waals surface area contributed by atoms with Gasteiger partial charge in [0.15, 0.2) is 11.9 Å². The molecule has 0 aromatic rings. The highest BCUT2D eigenvalue weighted by molar-refractivity contribution is 5.83. The van der Waals surface area contributed by atoms with Gasteiger partial charge in [0, 0.05) is 11.3 Å². The maximum absolute atomic E-state index is 11.0. The molecular weight excluding hydrogens is 206 g/mol. The summed E-state index contributed by atoms with van der Waals surface area (Å²) in [6.45, 7) is 0.763. The van der Waals surface area contributed by atoms with E-state index in [4.69, 9.17) is 10.6 Å². The number of azide groups is 1. The molecule has 0 aliphatic rings. The van der Waals surface area contributed by atoms with Crippen LogP contribution in [-0.2, 0) is 4.79 Å². The minimum Gasteiger partial charge on any atom is -0.387 e. The van der Waals surface area contributed by atoms with Gasteiger partial charge in [-0.2, -0.15) is 0 Å². The Kier molecular flexibility index (Phi) is 5.20. The third kappa shape index (κ3) is 3.46. The quantitative estimate of drug-likeness (QED) is 0.189. The predicted molar refractivity (Wildman–Crippen MR) is 48.5 cm³/mol. The molecule has 2 atom stereocenters. The van der Waals surface area contributed by atoms with Crippen molar-refractivity contribution in [2.75, 3.05) is 6.54 Å². The number of hydrogen-bond donors (Lipinski definition) is 4. The third-order valence-corrected chi connectivity index (χ3v) is 1.86. The third-order valence-electron chi connectivity index (χ3n) is 1.86. The Morgan fingerprint density at radius 1 is 1.53 bits per heavy atom. The molecule has 0 aliphatic carbocycles. The highest BCUT2D eigenvalue weighted by atomic mass is 16.5. The first kappa shape index (κ1) is 13.8. The first-order valence-corrected chi connectivity index (χ1v) is 4.22. The van der Waals surface area contributed by atoms with E-state index in [1.165, 1.54) is 6.92 Å². The maximum atomic E-state index is 11.0. The summed E-state index contributed by atoms with van der Waals surface area (Å²) in [7, 11) is 0. The number of aliphatic hydroxyl groups is 4. The van der Waals surface area contributed by atoms with Crippen LogP contribution in [0.2, 0.25) is 0 Å². The zero-order chi connectivity index (χ0) is 12.1. The van der Waals surface area contributed by atoms with Crippen LogP contribution in [0.3, 0.4) is 0 Å². The number of carbonyl (C=O) groups excluding carboxylic acids is 1. The van der Waals surface area contributed by atoms with Gasteiger partial charge in [0.2, 0.25) is 5.79 Å². The lowest BCUT2D eigenvalue weighted by atomic mass is 9.99. The standard InChI is InChI=1S/C7H13N3O5/c1-2-4(11)6(13)7(14,15)5(12)3-9-10-8/h5-6,12-15H,2-3H2,1H3/t5-,6-/m1/s1. The van der Waals surface area contributed by atoms with Crippen LogP contribution in [0.15, 0.2) is 5.11 Å². The van der Waals surface area contributed by atoms with E-state index in [1.807, 2.05) is 0 Å². The van der Waals surface area contributed by atoms with Crippen LogP contribution in [0.1, 0.15) is 13.3 Å². The first-order chi connectivity index (χ1) is 6.87. The second-order valence-corrected chi connectivity index (χ2v) is 2.93. The summed E-state index contributed by atoms with van der Waals surface area (Å²) in [6, 6.07) is 0. The van der Waals surface area contributed by atoms with E-state index < -0.39 is 30.3 Å². The van der Waals surface area contributed by atoms with Crippen LogP contribution in [0.4, 0.5) is 0 Å². The van der Waals surface area contributed by atoms with Gasteiger partial charge in [-0.1, -0.05) is 12.0 Å². The van der Waals surface area contributed by atoms with E-state index >= 15 is 0 Å². The Hall–Kier alpha value is -1.18. The number of carbonyl (C=O) groups is 1. The molecule has 0 amide bonds. The Morgan fingerprint density at radius 3 is 2.47 bits per heavy atom. The highest BCUT2D eigenvalue weighted by Gasteiger charge is 2.43. The molecular formula is C7H13N3O5. The van der Waals surface area contributed by atoms with Crippen LogP contribution in [0, 0.1) is 0 Å². The average Bonchev–Trinajstić information content (AvgIpc) is 2.23. The zero-order valence-corrected chi connectivity index (χ0v) is 8.11. The van der Waals surface area contributed by atoms with Crippen molar-refractivity contribution >= 4 is 5.78 Å².